The number of aromatic nitrogens is 1. The Bertz CT molecular complexity index is 755. The third-order valence-electron chi connectivity index (χ3n) is 2.70. The number of hydrogen-bond acceptors (Lipinski definition) is 4. The van der Waals surface area contributed by atoms with Crippen LogP contribution in [0.4, 0.5) is 17.1 Å². The van der Waals surface area contributed by atoms with E-state index < -0.39 is 0 Å². The molecule has 1 heterocycles. The van der Waals surface area contributed by atoms with Crippen LogP contribution in [0.5, 0.6) is 0 Å². The van der Waals surface area contributed by atoms with E-state index in [9.17, 15) is 0 Å². The minimum absolute atomic E-state index is 0.447. The van der Waals surface area contributed by atoms with E-state index in [-0.39, 0.29) is 0 Å². The molecule has 0 fully saturated rings. The summed E-state index contributed by atoms with van der Waals surface area (Å²) in [6.07, 6.45) is 0. The van der Waals surface area contributed by atoms with Gasteiger partial charge in [-0.1, -0.05) is 23.2 Å². The molecule has 3 N–H and O–H groups in total. The summed E-state index contributed by atoms with van der Waals surface area (Å²) in [4.78, 5) is 4.24. The molecule has 6 heteroatoms. The van der Waals surface area contributed by atoms with E-state index in [2.05, 4.69) is 10.3 Å². The molecule has 0 atom stereocenters. The van der Waals surface area contributed by atoms with Crippen LogP contribution in [0.15, 0.2) is 35.8 Å². The number of nitrogen functional groups attached to an aromatic ring is 1. The Morgan fingerprint density at radius 3 is 2.74 bits per heavy atom. The molecule has 2 aromatic carbocycles. The summed E-state index contributed by atoms with van der Waals surface area (Å²) in [5.74, 6) is 0. The second-order valence-electron chi connectivity index (χ2n) is 4.01. The first-order valence-corrected chi connectivity index (χ1v) is 7.12. The molecule has 0 unspecified atom stereocenters. The number of hydrogen-bond donors (Lipinski definition) is 2. The van der Waals surface area contributed by atoms with Crippen LogP contribution in [0.3, 0.4) is 0 Å². The van der Waals surface area contributed by atoms with Gasteiger partial charge < -0.3 is 11.1 Å². The van der Waals surface area contributed by atoms with Crippen molar-refractivity contribution >= 4 is 61.8 Å². The van der Waals surface area contributed by atoms with Crippen LogP contribution in [0.2, 0.25) is 10.0 Å². The summed E-state index contributed by atoms with van der Waals surface area (Å²) in [5, 5.41) is 4.15. The summed E-state index contributed by atoms with van der Waals surface area (Å²) in [7, 11) is 0. The summed E-state index contributed by atoms with van der Waals surface area (Å²) >= 11 is 13.5. The fourth-order valence-corrected chi connectivity index (χ4v) is 2.81. The molecule has 3 aromatic rings. The number of thiazole rings is 1. The first-order chi connectivity index (χ1) is 9.13. The van der Waals surface area contributed by atoms with Crippen molar-refractivity contribution in [3.63, 3.8) is 0 Å². The number of nitrogens with one attached hydrogen (secondary N) is 1. The Labute approximate surface area is 124 Å². The number of fused-ring (bicyclic) bond motifs is 1. The molecule has 0 radical (unpaired) electrons. The predicted molar refractivity (Wildman–Crippen MR) is 83.8 cm³/mol. The van der Waals surface area contributed by atoms with Gasteiger partial charge in [0, 0.05) is 5.69 Å². The SMILES string of the molecule is Nc1cc(Cl)c(Cl)cc1Nc1ccc2ncsc2c1. The second kappa shape index (κ2) is 4.89. The van der Waals surface area contributed by atoms with Crippen molar-refractivity contribution in [1.29, 1.82) is 0 Å². The minimum Gasteiger partial charge on any atom is -0.397 e. The van der Waals surface area contributed by atoms with Crippen LogP contribution in [0, 0.1) is 0 Å². The van der Waals surface area contributed by atoms with Crippen LogP contribution < -0.4 is 11.1 Å². The molecule has 0 spiro atoms. The van der Waals surface area contributed by atoms with E-state index in [1.165, 1.54) is 0 Å². The lowest BCUT2D eigenvalue weighted by Gasteiger charge is -2.10. The van der Waals surface area contributed by atoms with Crippen molar-refractivity contribution in [3.8, 4) is 0 Å². The highest BCUT2D eigenvalue weighted by Crippen LogP contribution is 2.33. The minimum atomic E-state index is 0.447. The van der Waals surface area contributed by atoms with Crippen molar-refractivity contribution < 1.29 is 0 Å². The predicted octanol–water partition coefficient (Wildman–Crippen LogP) is 4.93. The van der Waals surface area contributed by atoms with Gasteiger partial charge in [-0.3, -0.25) is 0 Å². The average Bonchev–Trinajstić information content (AvgIpc) is 2.83. The summed E-state index contributed by atoms with van der Waals surface area (Å²) in [6.45, 7) is 0. The molecule has 0 bridgehead atoms. The first-order valence-electron chi connectivity index (χ1n) is 5.48. The summed E-state index contributed by atoms with van der Waals surface area (Å²) in [6, 6.07) is 9.29. The fourth-order valence-electron chi connectivity index (χ4n) is 1.76. The Kier molecular flexibility index (Phi) is 3.22. The van der Waals surface area contributed by atoms with Gasteiger partial charge in [-0.05, 0) is 30.3 Å². The second-order valence-corrected chi connectivity index (χ2v) is 5.71. The van der Waals surface area contributed by atoms with Gasteiger partial charge in [0.1, 0.15) is 0 Å². The van der Waals surface area contributed by atoms with Crippen molar-refractivity contribution in [2.75, 3.05) is 11.1 Å². The molecular weight excluding hydrogens is 301 g/mol. The van der Waals surface area contributed by atoms with Crippen LogP contribution in [0.1, 0.15) is 0 Å². The zero-order chi connectivity index (χ0) is 13.4. The van der Waals surface area contributed by atoms with Gasteiger partial charge in [-0.25, -0.2) is 4.98 Å². The molecule has 19 heavy (non-hydrogen) atoms. The Morgan fingerprint density at radius 2 is 1.89 bits per heavy atom. The standard InChI is InChI=1S/C13H9Cl2N3S/c14-8-4-10(16)12(5-9(8)15)18-7-1-2-11-13(3-7)19-6-17-11/h1-6,18H,16H2. The average molecular weight is 310 g/mol. The van der Waals surface area contributed by atoms with Crippen LogP contribution in [0.25, 0.3) is 10.2 Å². The Hall–Kier alpha value is -1.49. The smallest absolute Gasteiger partial charge is 0.0813 e. The number of benzene rings is 2. The molecule has 0 aliphatic carbocycles. The quantitative estimate of drug-likeness (QED) is 0.660. The molecule has 1 aromatic heterocycles. The fraction of sp³-hybridized carbons (Fsp3) is 0. The zero-order valence-corrected chi connectivity index (χ0v) is 12.0. The number of halogens is 2. The molecule has 0 amide bonds. The van der Waals surface area contributed by atoms with Crippen LogP contribution in [-0.4, -0.2) is 4.98 Å². The first kappa shape index (κ1) is 12.5. The number of rotatable bonds is 2. The maximum atomic E-state index is 5.99. The molecule has 0 saturated heterocycles. The third kappa shape index (κ3) is 2.47. The molecule has 0 aliphatic rings. The number of anilines is 3. The molecule has 3 rings (SSSR count). The lowest BCUT2D eigenvalue weighted by atomic mass is 10.2. The van der Waals surface area contributed by atoms with Gasteiger partial charge in [0.15, 0.2) is 0 Å². The monoisotopic (exact) mass is 309 g/mol. The van der Waals surface area contributed by atoms with Gasteiger partial charge in [-0.2, -0.15) is 0 Å². The van der Waals surface area contributed by atoms with Crippen molar-refractivity contribution in [2.24, 2.45) is 0 Å². The highest BCUT2D eigenvalue weighted by molar-refractivity contribution is 7.16. The van der Waals surface area contributed by atoms with Gasteiger partial charge in [0.05, 0.1) is 37.1 Å². The van der Waals surface area contributed by atoms with E-state index in [4.69, 9.17) is 28.9 Å². The maximum Gasteiger partial charge on any atom is 0.0813 e. The van der Waals surface area contributed by atoms with Gasteiger partial charge in [0.2, 0.25) is 0 Å². The molecule has 0 aliphatic heterocycles. The topological polar surface area (TPSA) is 50.9 Å². The number of nitrogens with two attached hydrogens (primary N) is 1. The highest BCUT2D eigenvalue weighted by atomic mass is 35.5. The Balaban J connectivity index is 1.98. The van der Waals surface area contributed by atoms with Crippen molar-refractivity contribution in [1.82, 2.24) is 4.98 Å². The lowest BCUT2D eigenvalue weighted by Crippen LogP contribution is -1.96. The zero-order valence-electron chi connectivity index (χ0n) is 9.65. The largest absolute Gasteiger partial charge is 0.397 e. The van der Waals surface area contributed by atoms with E-state index in [1.807, 2.05) is 23.7 Å². The third-order valence-corrected chi connectivity index (χ3v) is 4.22. The molecule has 0 saturated carbocycles. The molecule has 96 valence electrons. The lowest BCUT2D eigenvalue weighted by molar-refractivity contribution is 1.49. The van der Waals surface area contributed by atoms with Gasteiger partial charge >= 0.3 is 0 Å². The van der Waals surface area contributed by atoms with Gasteiger partial charge in [0.25, 0.3) is 0 Å². The molecular formula is C13H9Cl2N3S. The number of nitrogens with zero attached hydrogens (tertiary/aromatic N) is 1. The maximum absolute atomic E-state index is 5.99. The summed E-state index contributed by atoms with van der Waals surface area (Å²) in [5.41, 5.74) is 10.9. The van der Waals surface area contributed by atoms with Gasteiger partial charge in [-0.15, -0.1) is 11.3 Å². The molecule has 3 nitrogen and oxygen atoms in total. The summed E-state index contributed by atoms with van der Waals surface area (Å²) < 4.78 is 1.11. The van der Waals surface area contributed by atoms with E-state index in [0.717, 1.165) is 21.6 Å². The van der Waals surface area contributed by atoms with E-state index in [1.54, 1.807) is 23.5 Å². The normalized spacial score (nSPS) is 10.8. The Morgan fingerprint density at radius 1 is 1.11 bits per heavy atom. The van der Waals surface area contributed by atoms with E-state index in [0.29, 0.717) is 15.7 Å². The van der Waals surface area contributed by atoms with Crippen molar-refractivity contribution in [3.05, 3.63) is 45.9 Å². The van der Waals surface area contributed by atoms with E-state index >= 15 is 0 Å². The van der Waals surface area contributed by atoms with Crippen LogP contribution in [-0.2, 0) is 0 Å². The highest BCUT2D eigenvalue weighted by Gasteiger charge is 2.06. The van der Waals surface area contributed by atoms with Crippen molar-refractivity contribution in [2.45, 2.75) is 0 Å². The van der Waals surface area contributed by atoms with Crippen LogP contribution >= 0.6 is 34.5 Å².